The minimum absolute atomic E-state index is 0.163. The van der Waals surface area contributed by atoms with Crippen molar-refractivity contribution in [1.82, 2.24) is 10.3 Å². The Kier molecular flexibility index (Phi) is 5.19. The zero-order valence-electron chi connectivity index (χ0n) is 12.4. The Morgan fingerprint density at radius 2 is 2.38 bits per heavy atom. The van der Waals surface area contributed by atoms with E-state index in [-0.39, 0.29) is 18.6 Å². The molecule has 1 aliphatic heterocycles. The van der Waals surface area contributed by atoms with Crippen molar-refractivity contribution in [3.8, 4) is 0 Å². The van der Waals surface area contributed by atoms with E-state index in [2.05, 4.69) is 10.3 Å². The van der Waals surface area contributed by atoms with E-state index in [1.54, 1.807) is 6.07 Å². The van der Waals surface area contributed by atoms with Crippen LogP contribution in [0.2, 0.25) is 5.15 Å². The number of ether oxygens (including phenoxy) is 1. The third-order valence-electron chi connectivity index (χ3n) is 3.83. The maximum atomic E-state index is 12.2. The molecule has 2 N–H and O–H groups in total. The standard InChI is InChI=1S/C15H21ClN2O3/c1-3-4-12-7-11(8-13(16)18-12)14(19)17-9-15(20)5-6-21-10(15)2/h7-8,10,20H,3-6,9H2,1-2H3,(H,17,19). The molecule has 0 aromatic carbocycles. The zero-order valence-corrected chi connectivity index (χ0v) is 13.1. The normalized spacial score (nSPS) is 25.0. The fraction of sp³-hybridized carbons (Fsp3) is 0.600. The van der Waals surface area contributed by atoms with Crippen LogP contribution in [0.25, 0.3) is 0 Å². The first-order valence-corrected chi connectivity index (χ1v) is 7.61. The lowest BCUT2D eigenvalue weighted by molar-refractivity contribution is -0.0251. The first-order chi connectivity index (χ1) is 9.94. The smallest absolute Gasteiger partial charge is 0.251 e. The fourth-order valence-electron chi connectivity index (χ4n) is 2.40. The van der Waals surface area contributed by atoms with Gasteiger partial charge < -0.3 is 15.2 Å². The highest BCUT2D eigenvalue weighted by molar-refractivity contribution is 6.29. The molecule has 116 valence electrons. The number of nitrogens with one attached hydrogen (secondary N) is 1. The predicted molar refractivity (Wildman–Crippen MR) is 80.6 cm³/mol. The molecule has 0 spiro atoms. The zero-order chi connectivity index (χ0) is 15.5. The largest absolute Gasteiger partial charge is 0.385 e. The highest BCUT2D eigenvalue weighted by atomic mass is 35.5. The Morgan fingerprint density at radius 3 is 3.00 bits per heavy atom. The molecule has 0 aliphatic carbocycles. The molecule has 0 radical (unpaired) electrons. The maximum Gasteiger partial charge on any atom is 0.251 e. The van der Waals surface area contributed by atoms with E-state index in [4.69, 9.17) is 16.3 Å². The Hall–Kier alpha value is -1.17. The van der Waals surface area contributed by atoms with Crippen molar-refractivity contribution in [2.24, 2.45) is 0 Å². The van der Waals surface area contributed by atoms with Gasteiger partial charge in [0.15, 0.2) is 0 Å². The van der Waals surface area contributed by atoms with Crippen LogP contribution in [0, 0.1) is 0 Å². The van der Waals surface area contributed by atoms with Gasteiger partial charge in [0.1, 0.15) is 10.8 Å². The summed E-state index contributed by atoms with van der Waals surface area (Å²) in [5, 5.41) is 13.4. The molecule has 1 saturated heterocycles. The van der Waals surface area contributed by atoms with Crippen LogP contribution in [-0.4, -0.2) is 40.9 Å². The van der Waals surface area contributed by atoms with E-state index in [1.807, 2.05) is 13.8 Å². The van der Waals surface area contributed by atoms with Crippen LogP contribution in [0.1, 0.15) is 42.7 Å². The number of hydrogen-bond donors (Lipinski definition) is 2. The van der Waals surface area contributed by atoms with E-state index in [1.165, 1.54) is 6.07 Å². The summed E-state index contributed by atoms with van der Waals surface area (Å²) in [7, 11) is 0. The monoisotopic (exact) mass is 312 g/mol. The molecule has 5 nitrogen and oxygen atoms in total. The van der Waals surface area contributed by atoms with Crippen LogP contribution in [0.3, 0.4) is 0 Å². The number of aryl methyl sites for hydroxylation is 1. The van der Waals surface area contributed by atoms with Crippen molar-refractivity contribution >= 4 is 17.5 Å². The summed E-state index contributed by atoms with van der Waals surface area (Å²) in [5.41, 5.74) is 0.263. The van der Waals surface area contributed by atoms with Crippen LogP contribution in [0.4, 0.5) is 0 Å². The van der Waals surface area contributed by atoms with Crippen LogP contribution >= 0.6 is 11.6 Å². The minimum atomic E-state index is -1.00. The van der Waals surface area contributed by atoms with Gasteiger partial charge in [0.2, 0.25) is 0 Å². The number of rotatable bonds is 5. The molecule has 1 aliphatic rings. The molecular formula is C15H21ClN2O3. The van der Waals surface area contributed by atoms with Gasteiger partial charge in [-0.3, -0.25) is 4.79 Å². The van der Waals surface area contributed by atoms with Crippen molar-refractivity contribution < 1.29 is 14.6 Å². The summed E-state index contributed by atoms with van der Waals surface area (Å²) < 4.78 is 5.34. The minimum Gasteiger partial charge on any atom is -0.385 e. The first kappa shape index (κ1) is 16.2. The number of carbonyl (C=O) groups excluding carboxylic acids is 1. The third-order valence-corrected chi connectivity index (χ3v) is 4.02. The van der Waals surface area contributed by atoms with Gasteiger partial charge in [-0.1, -0.05) is 24.9 Å². The summed E-state index contributed by atoms with van der Waals surface area (Å²) in [6.07, 6.45) is 1.94. The topological polar surface area (TPSA) is 71.5 Å². The van der Waals surface area contributed by atoms with Gasteiger partial charge in [-0.2, -0.15) is 0 Å². The number of aromatic nitrogens is 1. The molecular weight excluding hydrogens is 292 g/mol. The molecule has 0 saturated carbocycles. The molecule has 0 bridgehead atoms. The Morgan fingerprint density at radius 1 is 1.62 bits per heavy atom. The van der Waals surface area contributed by atoms with Crippen LogP contribution in [0.15, 0.2) is 12.1 Å². The Bertz CT molecular complexity index is 524. The second-order valence-electron chi connectivity index (χ2n) is 5.47. The molecule has 2 unspecified atom stereocenters. The van der Waals surface area contributed by atoms with Crippen LogP contribution < -0.4 is 5.32 Å². The van der Waals surface area contributed by atoms with Gasteiger partial charge in [-0.05, 0) is 25.5 Å². The number of amides is 1. The lowest BCUT2D eigenvalue weighted by atomic mass is 9.96. The van der Waals surface area contributed by atoms with E-state index < -0.39 is 5.60 Å². The van der Waals surface area contributed by atoms with Gasteiger partial charge >= 0.3 is 0 Å². The van der Waals surface area contributed by atoms with Crippen molar-refractivity contribution in [3.05, 3.63) is 28.5 Å². The number of nitrogens with zero attached hydrogens (tertiary/aromatic N) is 1. The second kappa shape index (κ2) is 6.73. The number of aliphatic hydroxyl groups is 1. The van der Waals surface area contributed by atoms with Crippen molar-refractivity contribution in [2.45, 2.75) is 44.8 Å². The average Bonchev–Trinajstić information content (AvgIpc) is 2.76. The van der Waals surface area contributed by atoms with Crippen molar-refractivity contribution in [2.75, 3.05) is 13.2 Å². The average molecular weight is 313 g/mol. The van der Waals surface area contributed by atoms with Crippen molar-refractivity contribution in [1.29, 1.82) is 0 Å². The fourth-order valence-corrected chi connectivity index (χ4v) is 2.63. The summed E-state index contributed by atoms with van der Waals surface area (Å²) in [4.78, 5) is 16.4. The number of hydrogen-bond acceptors (Lipinski definition) is 4. The quantitative estimate of drug-likeness (QED) is 0.815. The molecule has 1 amide bonds. The molecule has 2 heterocycles. The summed E-state index contributed by atoms with van der Waals surface area (Å²) >= 11 is 5.95. The van der Waals surface area contributed by atoms with Gasteiger partial charge in [0, 0.05) is 30.8 Å². The maximum absolute atomic E-state index is 12.2. The Labute approximate surface area is 129 Å². The molecule has 21 heavy (non-hydrogen) atoms. The number of halogens is 1. The number of pyridine rings is 1. The molecule has 1 aromatic rings. The Balaban J connectivity index is 2.03. The van der Waals surface area contributed by atoms with Crippen LogP contribution in [-0.2, 0) is 11.2 Å². The first-order valence-electron chi connectivity index (χ1n) is 7.23. The van der Waals surface area contributed by atoms with E-state index in [0.29, 0.717) is 23.7 Å². The van der Waals surface area contributed by atoms with E-state index in [0.717, 1.165) is 18.5 Å². The van der Waals surface area contributed by atoms with Gasteiger partial charge in [0.05, 0.1) is 6.10 Å². The highest BCUT2D eigenvalue weighted by Crippen LogP contribution is 2.24. The summed E-state index contributed by atoms with van der Waals surface area (Å²) in [6.45, 7) is 4.52. The second-order valence-corrected chi connectivity index (χ2v) is 5.86. The van der Waals surface area contributed by atoms with Gasteiger partial charge in [-0.25, -0.2) is 4.98 Å². The highest BCUT2D eigenvalue weighted by Gasteiger charge is 2.39. The molecule has 6 heteroatoms. The summed E-state index contributed by atoms with van der Waals surface area (Å²) in [6, 6.07) is 3.28. The van der Waals surface area contributed by atoms with Gasteiger partial charge in [-0.15, -0.1) is 0 Å². The van der Waals surface area contributed by atoms with E-state index in [9.17, 15) is 9.90 Å². The SMILES string of the molecule is CCCc1cc(C(=O)NCC2(O)CCOC2C)cc(Cl)n1. The van der Waals surface area contributed by atoms with Gasteiger partial charge in [0.25, 0.3) is 5.91 Å². The molecule has 1 fully saturated rings. The molecule has 2 atom stereocenters. The van der Waals surface area contributed by atoms with Crippen LogP contribution in [0.5, 0.6) is 0 Å². The molecule has 2 rings (SSSR count). The lowest BCUT2D eigenvalue weighted by Gasteiger charge is -2.26. The number of carbonyl (C=O) groups is 1. The predicted octanol–water partition coefficient (Wildman–Crippen LogP) is 1.96. The van der Waals surface area contributed by atoms with E-state index >= 15 is 0 Å². The van der Waals surface area contributed by atoms with Crippen molar-refractivity contribution in [3.63, 3.8) is 0 Å². The molecule has 1 aromatic heterocycles. The summed E-state index contributed by atoms with van der Waals surface area (Å²) in [5.74, 6) is -0.260. The third kappa shape index (κ3) is 3.93. The lowest BCUT2D eigenvalue weighted by Crippen LogP contribution is -2.47.